The number of hydrogen-bond donors (Lipinski definition) is 0. The lowest BCUT2D eigenvalue weighted by molar-refractivity contribution is 0.0179. The van der Waals surface area contributed by atoms with E-state index in [1.807, 2.05) is 0 Å². The second-order valence-corrected chi connectivity index (χ2v) is 6.74. The molecule has 7 nitrogen and oxygen atoms in total. The van der Waals surface area contributed by atoms with Crippen molar-refractivity contribution in [2.75, 3.05) is 0 Å². The fourth-order valence-electron chi connectivity index (χ4n) is 3.06. The van der Waals surface area contributed by atoms with Gasteiger partial charge < -0.3 is 4.42 Å². The minimum atomic E-state index is -2.91. The Morgan fingerprint density at radius 3 is 2.57 bits per heavy atom. The molecular formula is C19H12ClF3N4O3. The zero-order valence-electron chi connectivity index (χ0n) is 15.1. The van der Waals surface area contributed by atoms with Gasteiger partial charge in [-0.2, -0.15) is 8.78 Å². The number of halogens is 4. The van der Waals surface area contributed by atoms with Crippen LogP contribution in [-0.4, -0.2) is 31.5 Å². The van der Waals surface area contributed by atoms with E-state index in [1.54, 1.807) is 12.1 Å². The maximum atomic E-state index is 13.1. The second kappa shape index (κ2) is 7.79. The van der Waals surface area contributed by atoms with Gasteiger partial charge in [0.05, 0.1) is 13.1 Å². The van der Waals surface area contributed by atoms with Gasteiger partial charge in [-0.3, -0.25) is 9.59 Å². The molecular weight excluding hydrogens is 425 g/mol. The van der Waals surface area contributed by atoms with E-state index in [4.69, 9.17) is 16.0 Å². The highest BCUT2D eigenvalue weighted by molar-refractivity contribution is 6.62. The van der Waals surface area contributed by atoms with E-state index in [9.17, 15) is 22.8 Å². The number of nitrogens with zero attached hydrogens (tertiary/aromatic N) is 4. The fraction of sp³-hybridized carbons (Fsp3) is 0.158. The van der Waals surface area contributed by atoms with Crippen molar-refractivity contribution in [2.45, 2.75) is 19.5 Å². The lowest BCUT2D eigenvalue weighted by Gasteiger charge is -2.29. The van der Waals surface area contributed by atoms with Crippen LogP contribution >= 0.6 is 11.6 Å². The van der Waals surface area contributed by atoms with Crippen LogP contribution in [0.15, 0.2) is 46.9 Å². The van der Waals surface area contributed by atoms with Crippen LogP contribution in [0.25, 0.3) is 11.5 Å². The average molecular weight is 437 g/mol. The molecule has 154 valence electrons. The Balaban J connectivity index is 1.60. The molecule has 0 N–H and O–H groups in total. The predicted molar refractivity (Wildman–Crippen MR) is 97.8 cm³/mol. The van der Waals surface area contributed by atoms with Crippen molar-refractivity contribution in [3.63, 3.8) is 0 Å². The number of aromatic nitrogens is 2. The molecule has 2 amide bonds. The second-order valence-electron chi connectivity index (χ2n) is 6.42. The van der Waals surface area contributed by atoms with Crippen molar-refractivity contribution in [3.8, 4) is 11.5 Å². The van der Waals surface area contributed by atoms with Gasteiger partial charge in [-0.1, -0.05) is 18.2 Å². The van der Waals surface area contributed by atoms with Crippen molar-refractivity contribution in [2.24, 2.45) is 0 Å². The quantitative estimate of drug-likeness (QED) is 0.433. The molecule has 2 heterocycles. The maximum absolute atomic E-state index is 13.1. The van der Waals surface area contributed by atoms with Crippen LogP contribution in [0.2, 0.25) is 0 Å². The molecule has 0 spiro atoms. The summed E-state index contributed by atoms with van der Waals surface area (Å²) in [6.07, 6.45) is -2.91. The molecule has 0 unspecified atom stereocenters. The van der Waals surface area contributed by atoms with Gasteiger partial charge in [-0.15, -0.1) is 10.2 Å². The molecule has 1 aromatic heterocycles. The van der Waals surface area contributed by atoms with Crippen LogP contribution < -0.4 is 0 Å². The van der Waals surface area contributed by atoms with Gasteiger partial charge in [0.1, 0.15) is 5.82 Å². The number of carbonyl (C=O) groups is 2. The van der Waals surface area contributed by atoms with Crippen LogP contribution in [0.5, 0.6) is 0 Å². The van der Waals surface area contributed by atoms with E-state index in [1.165, 1.54) is 30.3 Å². The van der Waals surface area contributed by atoms with E-state index in [0.29, 0.717) is 11.1 Å². The zero-order valence-corrected chi connectivity index (χ0v) is 15.8. The first-order valence-corrected chi connectivity index (χ1v) is 8.99. The summed E-state index contributed by atoms with van der Waals surface area (Å²) in [5, 5.41) is 8.14. The predicted octanol–water partition coefficient (Wildman–Crippen LogP) is 4.55. The number of carbonyl (C=O) groups excluding carboxylic acids is 2. The number of benzene rings is 2. The van der Waals surface area contributed by atoms with Crippen LogP contribution in [0, 0.1) is 5.82 Å². The highest BCUT2D eigenvalue weighted by atomic mass is 35.5. The van der Waals surface area contributed by atoms with Gasteiger partial charge in [0.15, 0.2) is 0 Å². The molecule has 30 heavy (non-hydrogen) atoms. The first-order valence-electron chi connectivity index (χ1n) is 8.61. The molecule has 0 saturated heterocycles. The molecule has 1 aliphatic rings. The SMILES string of the molecule is O=C(Cl)N(Cc1ccc(F)cc1)N1Cc2ccc(-c3nnc(C(F)F)o3)cc2C1=O. The minimum absolute atomic E-state index is 0.0450. The van der Waals surface area contributed by atoms with Crippen LogP contribution in [0.3, 0.4) is 0 Å². The first kappa shape index (κ1) is 19.9. The summed E-state index contributed by atoms with van der Waals surface area (Å²) in [5.74, 6) is -1.93. The number of amides is 2. The summed E-state index contributed by atoms with van der Waals surface area (Å²) in [6, 6.07) is 9.99. The third-order valence-corrected chi connectivity index (χ3v) is 4.70. The smallest absolute Gasteiger partial charge is 0.335 e. The molecule has 0 atom stereocenters. The van der Waals surface area contributed by atoms with Gasteiger partial charge in [0.25, 0.3) is 11.8 Å². The summed E-state index contributed by atoms with van der Waals surface area (Å²) in [5.41, 5.74) is 1.69. The Morgan fingerprint density at radius 2 is 1.93 bits per heavy atom. The van der Waals surface area contributed by atoms with E-state index in [2.05, 4.69) is 10.2 Å². The Morgan fingerprint density at radius 1 is 1.20 bits per heavy atom. The van der Waals surface area contributed by atoms with Gasteiger partial charge >= 0.3 is 11.8 Å². The zero-order chi connectivity index (χ0) is 21.4. The fourth-order valence-corrected chi connectivity index (χ4v) is 3.21. The topological polar surface area (TPSA) is 79.5 Å². The van der Waals surface area contributed by atoms with Crippen LogP contribution in [0.4, 0.5) is 18.0 Å². The van der Waals surface area contributed by atoms with Crippen molar-refractivity contribution in [3.05, 3.63) is 70.9 Å². The van der Waals surface area contributed by atoms with Crippen molar-refractivity contribution in [1.29, 1.82) is 0 Å². The van der Waals surface area contributed by atoms with E-state index in [-0.39, 0.29) is 30.1 Å². The average Bonchev–Trinajstić information content (AvgIpc) is 3.33. The molecule has 1 aliphatic heterocycles. The Bertz CT molecular complexity index is 1120. The Labute approximate surface area is 172 Å². The Hall–Kier alpha value is -3.40. The monoisotopic (exact) mass is 436 g/mol. The molecule has 2 aromatic carbocycles. The maximum Gasteiger partial charge on any atom is 0.335 e. The third-order valence-electron chi connectivity index (χ3n) is 4.51. The summed E-state index contributed by atoms with van der Waals surface area (Å²) >= 11 is 5.69. The number of alkyl halides is 2. The van der Waals surface area contributed by atoms with Crippen molar-refractivity contribution >= 4 is 22.9 Å². The molecule has 11 heteroatoms. The van der Waals surface area contributed by atoms with E-state index >= 15 is 0 Å². The van der Waals surface area contributed by atoms with Gasteiger partial charge in [0, 0.05) is 11.1 Å². The molecule has 0 fully saturated rings. The van der Waals surface area contributed by atoms with Gasteiger partial charge in [0.2, 0.25) is 5.89 Å². The molecule has 0 radical (unpaired) electrons. The summed E-state index contributed by atoms with van der Waals surface area (Å²) in [7, 11) is 0. The van der Waals surface area contributed by atoms with Crippen molar-refractivity contribution in [1.82, 2.24) is 20.2 Å². The largest absolute Gasteiger partial charge is 0.415 e. The summed E-state index contributed by atoms with van der Waals surface area (Å²) < 4.78 is 43.4. The normalized spacial score (nSPS) is 13.1. The highest BCUT2D eigenvalue weighted by Crippen LogP contribution is 2.31. The molecule has 0 saturated carbocycles. The standard InChI is InChI=1S/C19H12ClF3N4O3/c20-19(29)27(8-10-1-5-13(21)6-2-10)26-9-12-4-3-11(7-14(12)18(26)28)16-24-25-17(30-16)15(22)23/h1-7,15H,8-9H2. The summed E-state index contributed by atoms with van der Waals surface area (Å²) in [6.45, 7) is 0.0246. The molecule has 0 aliphatic carbocycles. The lowest BCUT2D eigenvalue weighted by atomic mass is 10.1. The number of hydrogen-bond acceptors (Lipinski definition) is 5. The number of fused-ring (bicyclic) bond motifs is 1. The molecule has 4 rings (SSSR count). The number of rotatable bonds is 5. The van der Waals surface area contributed by atoms with Gasteiger partial charge in [-0.25, -0.2) is 14.4 Å². The lowest BCUT2D eigenvalue weighted by Crippen LogP contribution is -2.43. The van der Waals surface area contributed by atoms with E-state index < -0.39 is 29.4 Å². The first-order chi connectivity index (χ1) is 14.3. The minimum Gasteiger partial charge on any atom is -0.415 e. The highest BCUT2D eigenvalue weighted by Gasteiger charge is 2.34. The summed E-state index contributed by atoms with van der Waals surface area (Å²) in [4.78, 5) is 24.9. The van der Waals surface area contributed by atoms with Crippen LogP contribution in [-0.2, 0) is 13.1 Å². The Kier molecular flexibility index (Phi) is 5.17. The van der Waals surface area contributed by atoms with E-state index in [0.717, 1.165) is 10.0 Å². The number of hydrazine groups is 1. The molecule has 3 aromatic rings. The molecule has 0 bridgehead atoms. The van der Waals surface area contributed by atoms with Crippen LogP contribution in [0.1, 0.15) is 33.8 Å². The van der Waals surface area contributed by atoms with Gasteiger partial charge in [-0.05, 0) is 47.0 Å². The van der Waals surface area contributed by atoms with Crippen molar-refractivity contribution < 1.29 is 27.2 Å². The third kappa shape index (κ3) is 3.73.